The minimum absolute atomic E-state index is 0.0630. The molecule has 2 amide bonds. The molecule has 7 nitrogen and oxygen atoms in total. The fourth-order valence-electron chi connectivity index (χ4n) is 3.95. The first-order valence-electron chi connectivity index (χ1n) is 9.71. The first-order valence-corrected chi connectivity index (χ1v) is 9.71. The summed E-state index contributed by atoms with van der Waals surface area (Å²) in [6.45, 7) is 0.333. The standard InChI is InChI=1S/C22H21FN2O5/c1-24-20(27)17-5-2-3-6-18(17)25-19(26)11-12-22(24,25)21(28)30-14-4-13-29-16-9-7-15(23)8-10-16/h2-3,5-10H,4,11-14H2,1H3/t22-/m1/s1. The molecule has 0 radical (unpaired) electrons. The molecule has 2 aliphatic rings. The Hall–Kier alpha value is -3.42. The van der Waals surface area contributed by atoms with Crippen LogP contribution in [0.15, 0.2) is 48.5 Å². The summed E-state index contributed by atoms with van der Waals surface area (Å²) in [5.74, 6) is -1.02. The number of ether oxygens (including phenoxy) is 2. The quantitative estimate of drug-likeness (QED) is 0.539. The number of hydrogen-bond acceptors (Lipinski definition) is 5. The highest BCUT2D eigenvalue weighted by atomic mass is 19.1. The monoisotopic (exact) mass is 412 g/mol. The van der Waals surface area contributed by atoms with Crippen molar-refractivity contribution in [1.29, 1.82) is 0 Å². The summed E-state index contributed by atoms with van der Waals surface area (Å²) in [5, 5.41) is 0. The van der Waals surface area contributed by atoms with Crippen LogP contribution in [0.3, 0.4) is 0 Å². The van der Waals surface area contributed by atoms with Crippen LogP contribution in [-0.2, 0) is 14.3 Å². The maximum atomic E-state index is 13.1. The SMILES string of the molecule is CN1C(=O)c2ccccc2N2C(=O)CC[C@@]12C(=O)OCCCOc1ccc(F)cc1. The van der Waals surface area contributed by atoms with E-state index in [0.717, 1.165) is 0 Å². The van der Waals surface area contributed by atoms with Crippen molar-refractivity contribution in [1.82, 2.24) is 4.90 Å². The van der Waals surface area contributed by atoms with E-state index in [2.05, 4.69) is 0 Å². The van der Waals surface area contributed by atoms with Gasteiger partial charge in [-0.3, -0.25) is 14.5 Å². The Morgan fingerprint density at radius 3 is 2.60 bits per heavy atom. The zero-order chi connectivity index (χ0) is 21.3. The van der Waals surface area contributed by atoms with Gasteiger partial charge in [0, 0.05) is 26.3 Å². The van der Waals surface area contributed by atoms with E-state index >= 15 is 0 Å². The third-order valence-corrected chi connectivity index (χ3v) is 5.47. The Bertz CT molecular complexity index is 993. The average molecular weight is 412 g/mol. The van der Waals surface area contributed by atoms with Crippen LogP contribution in [-0.4, -0.2) is 48.6 Å². The molecule has 2 aliphatic heterocycles. The summed E-state index contributed by atoms with van der Waals surface area (Å²) >= 11 is 0. The predicted octanol–water partition coefficient (Wildman–Crippen LogP) is 2.75. The number of hydrogen-bond donors (Lipinski definition) is 0. The van der Waals surface area contributed by atoms with E-state index in [9.17, 15) is 18.8 Å². The van der Waals surface area contributed by atoms with E-state index in [0.29, 0.717) is 23.4 Å². The molecule has 1 atom stereocenters. The van der Waals surface area contributed by atoms with Gasteiger partial charge in [-0.1, -0.05) is 12.1 Å². The van der Waals surface area contributed by atoms with Gasteiger partial charge in [-0.05, 0) is 36.4 Å². The zero-order valence-electron chi connectivity index (χ0n) is 16.5. The van der Waals surface area contributed by atoms with Crippen molar-refractivity contribution in [3.05, 3.63) is 59.9 Å². The van der Waals surface area contributed by atoms with E-state index in [4.69, 9.17) is 9.47 Å². The molecule has 0 N–H and O–H groups in total. The molecule has 30 heavy (non-hydrogen) atoms. The molecule has 0 aromatic heterocycles. The molecular weight excluding hydrogens is 391 g/mol. The van der Waals surface area contributed by atoms with Crippen LogP contribution in [0.1, 0.15) is 29.6 Å². The summed E-state index contributed by atoms with van der Waals surface area (Å²) in [6, 6.07) is 12.4. The molecule has 2 aromatic rings. The van der Waals surface area contributed by atoms with E-state index in [1.165, 1.54) is 41.1 Å². The highest BCUT2D eigenvalue weighted by Gasteiger charge is 2.60. The second kappa shape index (κ2) is 7.78. The minimum Gasteiger partial charge on any atom is -0.493 e. The fraction of sp³-hybridized carbons (Fsp3) is 0.318. The molecule has 2 heterocycles. The van der Waals surface area contributed by atoms with E-state index < -0.39 is 11.6 Å². The number of benzene rings is 2. The van der Waals surface area contributed by atoms with Gasteiger partial charge >= 0.3 is 5.97 Å². The number of likely N-dealkylation sites (N-methyl/N-ethyl adjacent to an activating group) is 1. The zero-order valence-corrected chi connectivity index (χ0v) is 16.5. The maximum absolute atomic E-state index is 13.1. The molecule has 1 saturated heterocycles. The number of rotatable bonds is 6. The Kier molecular flexibility index (Phi) is 5.15. The predicted molar refractivity (Wildman–Crippen MR) is 105 cm³/mol. The first-order chi connectivity index (χ1) is 14.4. The third-order valence-electron chi connectivity index (χ3n) is 5.47. The number of carbonyl (C=O) groups is 3. The van der Waals surface area contributed by atoms with Gasteiger partial charge in [0.25, 0.3) is 5.91 Å². The van der Waals surface area contributed by atoms with Crippen molar-refractivity contribution >= 4 is 23.5 Å². The van der Waals surface area contributed by atoms with Crippen LogP contribution in [0.25, 0.3) is 0 Å². The second-order valence-corrected chi connectivity index (χ2v) is 7.22. The van der Waals surface area contributed by atoms with Crippen LogP contribution in [0.4, 0.5) is 10.1 Å². The molecule has 1 fully saturated rings. The summed E-state index contributed by atoms with van der Waals surface area (Å²) in [4.78, 5) is 41.3. The molecule has 0 aliphatic carbocycles. The van der Waals surface area contributed by atoms with Crippen molar-refractivity contribution in [3.63, 3.8) is 0 Å². The molecule has 0 unspecified atom stereocenters. The third kappa shape index (κ3) is 3.18. The largest absolute Gasteiger partial charge is 0.493 e. The molecule has 2 aromatic carbocycles. The lowest BCUT2D eigenvalue weighted by Gasteiger charge is -2.46. The lowest BCUT2D eigenvalue weighted by atomic mass is 9.97. The number of carbonyl (C=O) groups excluding carboxylic acids is 3. The molecule has 0 spiro atoms. The van der Waals surface area contributed by atoms with Crippen molar-refractivity contribution in [2.24, 2.45) is 0 Å². The van der Waals surface area contributed by atoms with E-state index in [-0.39, 0.29) is 43.7 Å². The van der Waals surface area contributed by atoms with E-state index in [1.54, 1.807) is 24.3 Å². The molecule has 0 bridgehead atoms. The lowest BCUT2D eigenvalue weighted by Crippen LogP contribution is -2.67. The highest BCUT2D eigenvalue weighted by Crippen LogP contribution is 2.44. The molecule has 8 heteroatoms. The van der Waals surface area contributed by atoms with Crippen molar-refractivity contribution in [3.8, 4) is 5.75 Å². The van der Waals surface area contributed by atoms with Crippen LogP contribution < -0.4 is 9.64 Å². The highest BCUT2D eigenvalue weighted by molar-refractivity contribution is 6.15. The Balaban J connectivity index is 1.44. The van der Waals surface area contributed by atoms with Crippen LogP contribution in [0.5, 0.6) is 5.75 Å². The summed E-state index contributed by atoms with van der Waals surface area (Å²) in [5.41, 5.74) is -0.661. The van der Waals surface area contributed by atoms with Gasteiger partial charge in [-0.2, -0.15) is 0 Å². The normalized spacial score (nSPS) is 20.1. The Morgan fingerprint density at radius 1 is 1.10 bits per heavy atom. The lowest BCUT2D eigenvalue weighted by molar-refractivity contribution is -0.156. The fourth-order valence-corrected chi connectivity index (χ4v) is 3.95. The van der Waals surface area contributed by atoms with Gasteiger partial charge in [-0.15, -0.1) is 0 Å². The summed E-state index contributed by atoms with van der Waals surface area (Å²) in [6.07, 6.45) is 0.726. The van der Waals surface area contributed by atoms with Crippen molar-refractivity contribution in [2.45, 2.75) is 24.9 Å². The molecule has 4 rings (SSSR count). The van der Waals surface area contributed by atoms with Gasteiger partial charge in [-0.25, -0.2) is 9.18 Å². The number of fused-ring (bicyclic) bond motifs is 3. The van der Waals surface area contributed by atoms with E-state index in [1.807, 2.05) is 0 Å². The number of anilines is 1. The first kappa shape index (κ1) is 19.9. The van der Waals surface area contributed by atoms with Crippen LogP contribution >= 0.6 is 0 Å². The number of esters is 1. The Morgan fingerprint density at radius 2 is 1.83 bits per heavy atom. The second-order valence-electron chi connectivity index (χ2n) is 7.22. The maximum Gasteiger partial charge on any atom is 0.353 e. The van der Waals surface area contributed by atoms with Gasteiger partial charge < -0.3 is 14.4 Å². The average Bonchev–Trinajstić information content (AvgIpc) is 3.11. The number of halogens is 1. The van der Waals surface area contributed by atoms with Crippen LogP contribution in [0, 0.1) is 5.82 Å². The number of para-hydroxylation sites is 1. The summed E-state index contributed by atoms with van der Waals surface area (Å²) < 4.78 is 23.9. The van der Waals surface area contributed by atoms with Crippen molar-refractivity contribution < 1.29 is 28.2 Å². The number of amides is 2. The molecule has 0 saturated carbocycles. The molecule has 156 valence electrons. The van der Waals surface area contributed by atoms with Gasteiger partial charge in [0.1, 0.15) is 11.6 Å². The van der Waals surface area contributed by atoms with Gasteiger partial charge in [0.2, 0.25) is 11.6 Å². The van der Waals surface area contributed by atoms with Gasteiger partial charge in [0.15, 0.2) is 0 Å². The van der Waals surface area contributed by atoms with Crippen LogP contribution in [0.2, 0.25) is 0 Å². The smallest absolute Gasteiger partial charge is 0.353 e. The Labute approximate surface area is 173 Å². The van der Waals surface area contributed by atoms with Gasteiger partial charge in [0.05, 0.1) is 24.5 Å². The summed E-state index contributed by atoms with van der Waals surface area (Å²) in [7, 11) is 1.52. The topological polar surface area (TPSA) is 76.2 Å². The minimum atomic E-state index is -1.47. The van der Waals surface area contributed by atoms with Crippen molar-refractivity contribution in [2.75, 3.05) is 25.2 Å². The molecular formula is C22H21FN2O5. The number of nitrogens with zero attached hydrogens (tertiary/aromatic N) is 2.